The summed E-state index contributed by atoms with van der Waals surface area (Å²) < 4.78 is 15.5. The van der Waals surface area contributed by atoms with Gasteiger partial charge in [-0.05, 0) is 58.7 Å². The molecule has 0 radical (unpaired) electrons. The summed E-state index contributed by atoms with van der Waals surface area (Å²) in [5.41, 5.74) is 9.37. The average Bonchev–Trinajstić information content (AvgIpc) is 3.89. The van der Waals surface area contributed by atoms with Gasteiger partial charge in [0, 0.05) is 47.3 Å². The minimum Gasteiger partial charge on any atom is -0.456 e. The van der Waals surface area contributed by atoms with Crippen molar-refractivity contribution >= 4 is 75.4 Å². The van der Waals surface area contributed by atoms with Gasteiger partial charge in [-0.1, -0.05) is 115 Å². The minimum atomic E-state index is -0.200. The van der Waals surface area contributed by atoms with Gasteiger partial charge in [-0.25, -0.2) is 0 Å². The third-order valence-electron chi connectivity index (χ3n) is 10.4. The van der Waals surface area contributed by atoms with Crippen molar-refractivity contribution in [3.8, 4) is 11.1 Å². The molecule has 3 aromatic heterocycles. The number of furan rings is 2. The van der Waals surface area contributed by atoms with E-state index in [0.717, 1.165) is 55.0 Å². The Morgan fingerprint density at radius 3 is 2.02 bits per heavy atom. The molecule has 0 spiro atoms. The Hall–Kier alpha value is -5.76. The second kappa shape index (κ2) is 11.4. The number of hydrogen-bond donors (Lipinski definition) is 3. The van der Waals surface area contributed by atoms with Gasteiger partial charge >= 0.3 is 0 Å². The van der Waals surface area contributed by atoms with Crippen molar-refractivity contribution < 1.29 is 8.83 Å². The molecule has 244 valence electrons. The van der Waals surface area contributed by atoms with Crippen LogP contribution >= 0.6 is 11.3 Å². The summed E-state index contributed by atoms with van der Waals surface area (Å²) in [5, 5.41) is 18.6. The van der Waals surface area contributed by atoms with Gasteiger partial charge in [0.05, 0.1) is 18.5 Å². The molecule has 5 nitrogen and oxygen atoms in total. The fraction of sp³-hybridized carbons (Fsp3) is 0.0667. The molecule has 10 aromatic rings. The molecule has 3 atom stereocenters. The highest BCUT2D eigenvalue weighted by Gasteiger charge is 2.32. The van der Waals surface area contributed by atoms with Crippen LogP contribution in [0.4, 0.5) is 0 Å². The van der Waals surface area contributed by atoms with Crippen LogP contribution in [0.15, 0.2) is 160 Å². The van der Waals surface area contributed by atoms with Crippen LogP contribution < -0.4 is 16.0 Å². The number of rotatable bonds is 4. The van der Waals surface area contributed by atoms with Crippen LogP contribution in [0.2, 0.25) is 0 Å². The maximum absolute atomic E-state index is 6.73. The van der Waals surface area contributed by atoms with Gasteiger partial charge in [0.25, 0.3) is 0 Å². The summed E-state index contributed by atoms with van der Waals surface area (Å²) in [5.74, 6) is 0. The maximum atomic E-state index is 6.73. The molecule has 0 amide bonds. The molecule has 11 rings (SSSR count). The Balaban J connectivity index is 1.02. The standard InChI is InChI=1S/C45H31N3O2S/c1-2-10-26(11-3-1)43-46-44(28-21-23-38-35(25-28)30-12-4-6-18-37(30)49-38)48-45(47-43)34-17-9-15-32-36-24-27(20-22-39(36)50-41(32)34)29-14-8-16-33-31-13-5-7-19-40(31)51-42(29)33/h1-25,43-48H. The molecule has 1 aliphatic rings. The van der Waals surface area contributed by atoms with E-state index in [2.05, 4.69) is 155 Å². The molecule has 1 saturated heterocycles. The molecular formula is C45H31N3O2S. The van der Waals surface area contributed by atoms with Gasteiger partial charge in [0.15, 0.2) is 0 Å². The summed E-state index contributed by atoms with van der Waals surface area (Å²) in [7, 11) is 0. The van der Waals surface area contributed by atoms with E-state index in [4.69, 9.17) is 8.83 Å². The smallest absolute Gasteiger partial charge is 0.141 e. The molecule has 0 saturated carbocycles. The normalized spacial score (nSPS) is 18.2. The van der Waals surface area contributed by atoms with Crippen molar-refractivity contribution in [2.45, 2.75) is 18.5 Å². The zero-order chi connectivity index (χ0) is 33.5. The molecule has 4 heterocycles. The van der Waals surface area contributed by atoms with Crippen molar-refractivity contribution in [1.82, 2.24) is 16.0 Å². The highest BCUT2D eigenvalue weighted by molar-refractivity contribution is 7.26. The molecule has 0 aliphatic carbocycles. The van der Waals surface area contributed by atoms with E-state index >= 15 is 0 Å². The fourth-order valence-corrected chi connectivity index (χ4v) is 9.21. The van der Waals surface area contributed by atoms with Crippen molar-refractivity contribution in [2.75, 3.05) is 0 Å². The van der Waals surface area contributed by atoms with Crippen LogP contribution in [0, 0.1) is 0 Å². The summed E-state index contributed by atoms with van der Waals surface area (Å²) in [4.78, 5) is 0. The Labute approximate surface area is 297 Å². The second-order valence-corrected chi connectivity index (χ2v) is 14.4. The van der Waals surface area contributed by atoms with Crippen molar-refractivity contribution in [3.63, 3.8) is 0 Å². The highest BCUT2D eigenvalue weighted by atomic mass is 32.1. The summed E-state index contributed by atoms with van der Waals surface area (Å²) >= 11 is 1.86. The average molecular weight is 678 g/mol. The Morgan fingerprint density at radius 1 is 0.431 bits per heavy atom. The lowest BCUT2D eigenvalue weighted by Gasteiger charge is -2.39. The van der Waals surface area contributed by atoms with E-state index in [9.17, 15) is 0 Å². The lowest BCUT2D eigenvalue weighted by Crippen LogP contribution is -2.54. The van der Waals surface area contributed by atoms with Gasteiger partial charge in [-0.3, -0.25) is 16.0 Å². The molecule has 1 aliphatic heterocycles. The van der Waals surface area contributed by atoms with Crippen LogP contribution in [-0.2, 0) is 0 Å². The van der Waals surface area contributed by atoms with Crippen molar-refractivity contribution in [2.24, 2.45) is 0 Å². The predicted molar refractivity (Wildman–Crippen MR) is 210 cm³/mol. The SMILES string of the molecule is c1ccc(C2NC(c3ccc4oc5ccccc5c4c3)NC(c3cccc4c3oc3ccc(-c5cccc6c5sc5ccccc56)cc34)N2)cc1. The molecule has 3 N–H and O–H groups in total. The largest absolute Gasteiger partial charge is 0.456 e. The van der Waals surface area contributed by atoms with Crippen LogP contribution in [0.3, 0.4) is 0 Å². The zero-order valence-electron chi connectivity index (χ0n) is 27.4. The van der Waals surface area contributed by atoms with Gasteiger partial charge in [0.2, 0.25) is 0 Å². The molecule has 6 heteroatoms. The van der Waals surface area contributed by atoms with Crippen LogP contribution in [0.1, 0.15) is 35.2 Å². The predicted octanol–water partition coefficient (Wildman–Crippen LogP) is 11.7. The first-order valence-corrected chi connectivity index (χ1v) is 18.2. The van der Waals surface area contributed by atoms with E-state index in [1.807, 2.05) is 23.5 Å². The van der Waals surface area contributed by atoms with E-state index in [1.54, 1.807) is 0 Å². The summed E-state index contributed by atoms with van der Waals surface area (Å²) in [6, 6.07) is 53.7. The van der Waals surface area contributed by atoms with Crippen LogP contribution in [0.5, 0.6) is 0 Å². The third-order valence-corrected chi connectivity index (χ3v) is 11.6. The number of fused-ring (bicyclic) bond motifs is 9. The quantitative estimate of drug-likeness (QED) is 0.173. The molecule has 7 aromatic carbocycles. The van der Waals surface area contributed by atoms with E-state index in [-0.39, 0.29) is 18.5 Å². The van der Waals surface area contributed by atoms with Gasteiger partial charge in [-0.2, -0.15) is 0 Å². The lowest BCUT2D eigenvalue weighted by atomic mass is 9.99. The van der Waals surface area contributed by atoms with Gasteiger partial charge in [-0.15, -0.1) is 11.3 Å². The van der Waals surface area contributed by atoms with Gasteiger partial charge < -0.3 is 8.83 Å². The number of nitrogens with one attached hydrogen (secondary N) is 3. The minimum absolute atomic E-state index is 0.104. The third kappa shape index (κ3) is 4.65. The first-order valence-electron chi connectivity index (χ1n) is 17.4. The Morgan fingerprint density at radius 2 is 1.10 bits per heavy atom. The monoisotopic (exact) mass is 677 g/mol. The Kier molecular flexibility index (Phi) is 6.48. The first kappa shape index (κ1) is 29.0. The van der Waals surface area contributed by atoms with Gasteiger partial charge in [0.1, 0.15) is 22.3 Å². The number of benzene rings is 7. The summed E-state index contributed by atoms with van der Waals surface area (Å²) in [6.45, 7) is 0. The summed E-state index contributed by atoms with van der Waals surface area (Å²) in [6.07, 6.45) is -0.450. The first-order chi connectivity index (χ1) is 25.2. The maximum Gasteiger partial charge on any atom is 0.141 e. The zero-order valence-corrected chi connectivity index (χ0v) is 28.2. The molecular weight excluding hydrogens is 647 g/mol. The topological polar surface area (TPSA) is 62.4 Å². The van der Waals surface area contributed by atoms with Crippen LogP contribution in [-0.4, -0.2) is 0 Å². The second-order valence-electron chi connectivity index (χ2n) is 13.4. The van der Waals surface area contributed by atoms with E-state index in [0.29, 0.717) is 0 Å². The number of para-hydroxylation sites is 2. The Bertz CT molecular complexity index is 2940. The highest BCUT2D eigenvalue weighted by Crippen LogP contribution is 2.42. The molecule has 3 unspecified atom stereocenters. The lowest BCUT2D eigenvalue weighted by molar-refractivity contribution is 0.203. The molecule has 51 heavy (non-hydrogen) atoms. The number of thiophene rings is 1. The van der Waals surface area contributed by atoms with Crippen LogP contribution in [0.25, 0.3) is 75.2 Å². The van der Waals surface area contributed by atoms with E-state index in [1.165, 1.54) is 36.9 Å². The molecule has 0 bridgehead atoms. The fourth-order valence-electron chi connectivity index (χ4n) is 7.97. The van der Waals surface area contributed by atoms with Crippen molar-refractivity contribution in [1.29, 1.82) is 0 Å². The van der Waals surface area contributed by atoms with Crippen molar-refractivity contribution in [3.05, 3.63) is 168 Å². The van der Waals surface area contributed by atoms with E-state index < -0.39 is 0 Å². The number of hydrogen-bond acceptors (Lipinski definition) is 6. The molecule has 1 fully saturated rings.